The molecule has 1 aliphatic heterocycles. The van der Waals surface area contributed by atoms with Crippen molar-refractivity contribution in [3.05, 3.63) is 29.3 Å². The van der Waals surface area contributed by atoms with Crippen LogP contribution in [-0.4, -0.2) is 32.3 Å². The number of rotatable bonds is 4. The normalized spacial score (nSPS) is 20.6. The predicted octanol–water partition coefficient (Wildman–Crippen LogP) is 2.82. The van der Waals surface area contributed by atoms with Crippen LogP contribution in [0.15, 0.2) is 18.2 Å². The topological polar surface area (TPSA) is 38.5 Å². The van der Waals surface area contributed by atoms with Gasteiger partial charge in [-0.15, -0.1) is 0 Å². The third kappa shape index (κ3) is 3.89. The molecule has 0 aromatic heterocycles. The second-order valence-corrected chi connectivity index (χ2v) is 5.66. The number of hydrogen-bond acceptors (Lipinski definition) is 3. The Labute approximate surface area is 122 Å². The van der Waals surface area contributed by atoms with Crippen LogP contribution < -0.4 is 10.6 Å². The van der Waals surface area contributed by atoms with E-state index in [0.29, 0.717) is 25.2 Å². The maximum Gasteiger partial charge on any atom is 0.418 e. The number of halogens is 3. The fraction of sp³-hybridized carbons (Fsp3) is 0.600. The molecule has 6 heteroatoms. The highest BCUT2D eigenvalue weighted by molar-refractivity contribution is 5.57. The number of anilines is 1. The maximum atomic E-state index is 13.3. The molecule has 1 aromatic carbocycles. The Morgan fingerprint density at radius 1 is 1.43 bits per heavy atom. The monoisotopic (exact) mass is 302 g/mol. The Balaban J connectivity index is 2.35. The molecule has 1 saturated heterocycles. The summed E-state index contributed by atoms with van der Waals surface area (Å²) >= 11 is 0. The molecular formula is C15H21F3N2O. The molecule has 0 spiro atoms. The van der Waals surface area contributed by atoms with Crippen LogP contribution in [0.1, 0.15) is 24.5 Å². The van der Waals surface area contributed by atoms with Crippen LogP contribution in [-0.2, 0) is 17.3 Å². The quantitative estimate of drug-likeness (QED) is 0.929. The van der Waals surface area contributed by atoms with Crippen LogP contribution in [0, 0.1) is 0 Å². The number of likely N-dealkylation sites (N-methyl/N-ethyl adjacent to an activating group) is 1. The first-order valence-corrected chi connectivity index (χ1v) is 7.05. The molecule has 1 fully saturated rings. The van der Waals surface area contributed by atoms with Crippen LogP contribution >= 0.6 is 0 Å². The van der Waals surface area contributed by atoms with Gasteiger partial charge in [-0.25, -0.2) is 0 Å². The lowest BCUT2D eigenvalue weighted by molar-refractivity contribution is -0.137. The van der Waals surface area contributed by atoms with Gasteiger partial charge in [-0.2, -0.15) is 13.2 Å². The summed E-state index contributed by atoms with van der Waals surface area (Å²) in [6.45, 7) is 2.84. The number of hydrogen-bond donors (Lipinski definition) is 1. The third-order valence-corrected chi connectivity index (χ3v) is 3.76. The largest absolute Gasteiger partial charge is 0.418 e. The van der Waals surface area contributed by atoms with Crippen LogP contribution in [0.3, 0.4) is 0 Å². The van der Waals surface area contributed by atoms with E-state index < -0.39 is 11.7 Å². The Morgan fingerprint density at radius 2 is 2.14 bits per heavy atom. The molecule has 0 amide bonds. The Bertz CT molecular complexity index is 482. The van der Waals surface area contributed by atoms with Crippen molar-refractivity contribution < 1.29 is 17.9 Å². The van der Waals surface area contributed by atoms with Crippen molar-refractivity contribution in [1.29, 1.82) is 0 Å². The molecule has 0 bridgehead atoms. The molecule has 0 saturated carbocycles. The van der Waals surface area contributed by atoms with E-state index in [0.717, 1.165) is 6.42 Å². The van der Waals surface area contributed by atoms with E-state index in [-0.39, 0.29) is 17.8 Å². The molecule has 2 unspecified atom stereocenters. The highest BCUT2D eigenvalue weighted by Gasteiger charge is 2.36. The molecule has 21 heavy (non-hydrogen) atoms. The van der Waals surface area contributed by atoms with Gasteiger partial charge in [0.25, 0.3) is 0 Å². The van der Waals surface area contributed by atoms with E-state index in [1.54, 1.807) is 31.0 Å². The summed E-state index contributed by atoms with van der Waals surface area (Å²) < 4.78 is 45.2. The highest BCUT2D eigenvalue weighted by Crippen LogP contribution is 2.38. The predicted molar refractivity (Wildman–Crippen MR) is 76.4 cm³/mol. The van der Waals surface area contributed by atoms with Crippen molar-refractivity contribution in [2.24, 2.45) is 5.73 Å². The summed E-state index contributed by atoms with van der Waals surface area (Å²) in [6.07, 6.45) is -3.20. The first-order chi connectivity index (χ1) is 9.79. The van der Waals surface area contributed by atoms with E-state index in [2.05, 4.69) is 0 Å². The smallest absolute Gasteiger partial charge is 0.379 e. The second-order valence-electron chi connectivity index (χ2n) is 5.66. The Hall–Kier alpha value is -1.27. The van der Waals surface area contributed by atoms with Crippen molar-refractivity contribution in [3.8, 4) is 0 Å². The minimum absolute atomic E-state index is 0.00891. The van der Waals surface area contributed by atoms with Crippen LogP contribution in [0.25, 0.3) is 0 Å². The van der Waals surface area contributed by atoms with E-state index in [1.807, 2.05) is 0 Å². The molecule has 2 atom stereocenters. The van der Waals surface area contributed by atoms with Gasteiger partial charge in [-0.05, 0) is 37.5 Å². The van der Waals surface area contributed by atoms with Gasteiger partial charge in [0.2, 0.25) is 0 Å². The average Bonchev–Trinajstić information content (AvgIpc) is 2.90. The zero-order chi connectivity index (χ0) is 15.6. The van der Waals surface area contributed by atoms with E-state index in [9.17, 15) is 13.2 Å². The summed E-state index contributed by atoms with van der Waals surface area (Å²) in [5.74, 6) is 0. The first kappa shape index (κ1) is 16.1. The standard InChI is InChI=1S/C15H21F3N2O/c1-10(19)7-11-3-4-14(13(8-11)15(16,17)18)20(2)12-5-6-21-9-12/h3-4,8,10,12H,5-7,9,19H2,1-2H3. The fourth-order valence-electron chi connectivity index (χ4n) is 2.64. The lowest BCUT2D eigenvalue weighted by Crippen LogP contribution is -2.33. The van der Waals surface area contributed by atoms with Crippen molar-refractivity contribution in [2.75, 3.05) is 25.2 Å². The van der Waals surface area contributed by atoms with Gasteiger partial charge in [-0.3, -0.25) is 0 Å². The number of ether oxygens (including phenoxy) is 1. The summed E-state index contributed by atoms with van der Waals surface area (Å²) in [6, 6.07) is 4.30. The summed E-state index contributed by atoms with van der Waals surface area (Å²) in [7, 11) is 1.69. The van der Waals surface area contributed by atoms with E-state index in [4.69, 9.17) is 10.5 Å². The van der Waals surface area contributed by atoms with Crippen LogP contribution in [0.2, 0.25) is 0 Å². The molecule has 3 nitrogen and oxygen atoms in total. The lowest BCUT2D eigenvalue weighted by atomic mass is 10.0. The molecule has 1 heterocycles. The Morgan fingerprint density at radius 3 is 2.67 bits per heavy atom. The van der Waals surface area contributed by atoms with E-state index in [1.165, 1.54) is 6.07 Å². The summed E-state index contributed by atoms with van der Waals surface area (Å²) in [5.41, 5.74) is 5.88. The third-order valence-electron chi connectivity index (χ3n) is 3.76. The van der Waals surface area contributed by atoms with Crippen LogP contribution in [0.4, 0.5) is 18.9 Å². The minimum Gasteiger partial charge on any atom is -0.379 e. The van der Waals surface area contributed by atoms with Crippen molar-refractivity contribution >= 4 is 5.69 Å². The van der Waals surface area contributed by atoms with Crippen molar-refractivity contribution in [2.45, 2.75) is 38.0 Å². The highest BCUT2D eigenvalue weighted by atomic mass is 19.4. The van der Waals surface area contributed by atoms with Gasteiger partial charge in [0.15, 0.2) is 0 Å². The summed E-state index contributed by atoms with van der Waals surface area (Å²) in [4.78, 5) is 1.67. The molecular weight excluding hydrogens is 281 g/mol. The van der Waals surface area contributed by atoms with Crippen molar-refractivity contribution in [3.63, 3.8) is 0 Å². The SMILES string of the molecule is CC(N)Cc1ccc(N(C)C2CCOC2)c(C(F)(F)F)c1. The zero-order valence-electron chi connectivity index (χ0n) is 12.3. The van der Waals surface area contributed by atoms with Gasteiger partial charge in [0, 0.05) is 25.4 Å². The maximum absolute atomic E-state index is 13.3. The molecule has 118 valence electrons. The second kappa shape index (κ2) is 6.23. The molecule has 2 rings (SSSR count). The van der Waals surface area contributed by atoms with Gasteiger partial charge >= 0.3 is 6.18 Å². The summed E-state index contributed by atoms with van der Waals surface area (Å²) in [5, 5.41) is 0. The molecule has 0 aliphatic carbocycles. The first-order valence-electron chi connectivity index (χ1n) is 7.05. The van der Waals surface area contributed by atoms with Gasteiger partial charge in [0.05, 0.1) is 18.2 Å². The van der Waals surface area contributed by atoms with Gasteiger partial charge in [-0.1, -0.05) is 6.07 Å². The number of benzene rings is 1. The number of alkyl halides is 3. The molecule has 1 aliphatic rings. The molecule has 0 radical (unpaired) electrons. The number of nitrogens with two attached hydrogens (primary N) is 1. The lowest BCUT2D eigenvalue weighted by Gasteiger charge is -2.28. The molecule has 1 aromatic rings. The van der Waals surface area contributed by atoms with E-state index >= 15 is 0 Å². The zero-order valence-corrected chi connectivity index (χ0v) is 12.3. The van der Waals surface area contributed by atoms with Crippen LogP contribution in [0.5, 0.6) is 0 Å². The van der Waals surface area contributed by atoms with Crippen molar-refractivity contribution in [1.82, 2.24) is 0 Å². The Kier molecular flexibility index (Phi) is 4.78. The minimum atomic E-state index is -4.38. The van der Waals surface area contributed by atoms with Gasteiger partial charge < -0.3 is 15.4 Å². The molecule has 2 N–H and O–H groups in total. The average molecular weight is 302 g/mol. The fourth-order valence-corrected chi connectivity index (χ4v) is 2.64. The van der Waals surface area contributed by atoms with Gasteiger partial charge in [0.1, 0.15) is 0 Å². The number of nitrogens with zero attached hydrogens (tertiary/aromatic N) is 1.